The summed E-state index contributed by atoms with van der Waals surface area (Å²) in [5.41, 5.74) is 1.33. The monoisotopic (exact) mass is 185 g/mol. The van der Waals surface area contributed by atoms with Gasteiger partial charge in [-0.25, -0.2) is 0 Å². The SMILES string of the molecule is CCCl.CNCc1ccccc1. The molecule has 1 N–H and O–H groups in total. The van der Waals surface area contributed by atoms with Gasteiger partial charge in [0, 0.05) is 12.4 Å². The first-order valence-corrected chi connectivity index (χ1v) is 4.63. The highest BCUT2D eigenvalue weighted by Gasteiger charge is 1.83. The molecule has 0 saturated heterocycles. The van der Waals surface area contributed by atoms with Gasteiger partial charge in [-0.1, -0.05) is 37.3 Å². The summed E-state index contributed by atoms with van der Waals surface area (Å²) < 4.78 is 0. The van der Waals surface area contributed by atoms with Gasteiger partial charge in [-0.2, -0.15) is 0 Å². The van der Waals surface area contributed by atoms with Gasteiger partial charge in [-0.05, 0) is 12.6 Å². The van der Waals surface area contributed by atoms with Crippen LogP contribution in [0.5, 0.6) is 0 Å². The number of alkyl halides is 1. The molecule has 0 heterocycles. The number of rotatable bonds is 2. The Morgan fingerprint density at radius 1 is 1.25 bits per heavy atom. The number of benzene rings is 1. The van der Waals surface area contributed by atoms with E-state index in [1.165, 1.54) is 5.56 Å². The van der Waals surface area contributed by atoms with Crippen molar-refractivity contribution in [1.29, 1.82) is 0 Å². The number of halogens is 1. The molecule has 0 aliphatic carbocycles. The highest BCUT2D eigenvalue weighted by Crippen LogP contribution is 1.95. The summed E-state index contributed by atoms with van der Waals surface area (Å²) in [7, 11) is 1.95. The molecular formula is C10H16ClN. The molecule has 0 amide bonds. The van der Waals surface area contributed by atoms with E-state index in [0.29, 0.717) is 0 Å². The van der Waals surface area contributed by atoms with Gasteiger partial charge in [0.2, 0.25) is 0 Å². The molecule has 0 spiro atoms. The predicted octanol–water partition coefficient (Wildman–Crippen LogP) is 2.65. The van der Waals surface area contributed by atoms with Crippen molar-refractivity contribution in [3.05, 3.63) is 35.9 Å². The fourth-order valence-electron chi connectivity index (χ4n) is 0.800. The summed E-state index contributed by atoms with van der Waals surface area (Å²) in [6.45, 7) is 2.85. The molecular weight excluding hydrogens is 170 g/mol. The summed E-state index contributed by atoms with van der Waals surface area (Å²) in [4.78, 5) is 0. The van der Waals surface area contributed by atoms with E-state index in [0.717, 1.165) is 12.4 Å². The van der Waals surface area contributed by atoms with Gasteiger partial charge in [0.25, 0.3) is 0 Å². The molecule has 1 nitrogen and oxygen atoms in total. The van der Waals surface area contributed by atoms with Crippen LogP contribution in [0.2, 0.25) is 0 Å². The van der Waals surface area contributed by atoms with Crippen LogP contribution < -0.4 is 5.32 Å². The Labute approximate surface area is 79.8 Å². The lowest BCUT2D eigenvalue weighted by Crippen LogP contribution is -2.04. The van der Waals surface area contributed by atoms with E-state index < -0.39 is 0 Å². The van der Waals surface area contributed by atoms with E-state index in [-0.39, 0.29) is 0 Å². The van der Waals surface area contributed by atoms with Crippen molar-refractivity contribution in [1.82, 2.24) is 5.32 Å². The van der Waals surface area contributed by atoms with Crippen molar-refractivity contribution in [2.45, 2.75) is 13.5 Å². The van der Waals surface area contributed by atoms with Gasteiger partial charge >= 0.3 is 0 Å². The molecule has 1 aromatic carbocycles. The molecule has 0 unspecified atom stereocenters. The third kappa shape index (κ3) is 6.20. The van der Waals surface area contributed by atoms with Gasteiger partial charge < -0.3 is 5.32 Å². The Kier molecular flexibility index (Phi) is 8.19. The molecule has 0 fully saturated rings. The van der Waals surface area contributed by atoms with Gasteiger partial charge in [0.15, 0.2) is 0 Å². The van der Waals surface area contributed by atoms with Gasteiger partial charge in [-0.15, -0.1) is 11.6 Å². The van der Waals surface area contributed by atoms with Crippen LogP contribution in [0.15, 0.2) is 30.3 Å². The van der Waals surface area contributed by atoms with Gasteiger partial charge in [-0.3, -0.25) is 0 Å². The lowest BCUT2D eigenvalue weighted by atomic mass is 10.2. The largest absolute Gasteiger partial charge is 0.316 e. The van der Waals surface area contributed by atoms with E-state index in [2.05, 4.69) is 17.4 Å². The minimum absolute atomic E-state index is 0.722. The normalized spacial score (nSPS) is 8.58. The zero-order chi connectivity index (χ0) is 9.23. The second kappa shape index (κ2) is 8.57. The Hall–Kier alpha value is -0.530. The van der Waals surface area contributed by atoms with Crippen LogP contribution in [-0.2, 0) is 6.54 Å². The molecule has 1 rings (SSSR count). The summed E-state index contributed by atoms with van der Waals surface area (Å²) in [6, 6.07) is 10.3. The lowest BCUT2D eigenvalue weighted by Gasteiger charge is -1.95. The second-order valence-corrected chi connectivity index (χ2v) is 2.82. The molecule has 0 atom stereocenters. The molecule has 0 aliphatic heterocycles. The summed E-state index contributed by atoms with van der Waals surface area (Å²) in [5, 5.41) is 3.08. The third-order valence-corrected chi connectivity index (χ3v) is 1.22. The second-order valence-electron chi connectivity index (χ2n) is 2.28. The maximum Gasteiger partial charge on any atom is 0.0202 e. The fraction of sp³-hybridized carbons (Fsp3) is 0.400. The minimum Gasteiger partial charge on any atom is -0.316 e. The maximum absolute atomic E-state index is 5.00. The van der Waals surface area contributed by atoms with Crippen LogP contribution in [0.1, 0.15) is 12.5 Å². The molecule has 68 valence electrons. The van der Waals surface area contributed by atoms with E-state index in [1.54, 1.807) is 0 Å². The predicted molar refractivity (Wildman–Crippen MR) is 55.6 cm³/mol. The smallest absolute Gasteiger partial charge is 0.0202 e. The van der Waals surface area contributed by atoms with Crippen molar-refractivity contribution in [3.8, 4) is 0 Å². The first kappa shape index (κ1) is 11.5. The topological polar surface area (TPSA) is 12.0 Å². The Balaban J connectivity index is 0.000000354. The molecule has 0 radical (unpaired) electrons. The first-order chi connectivity index (χ1) is 5.85. The van der Waals surface area contributed by atoms with E-state index in [1.807, 2.05) is 32.2 Å². The van der Waals surface area contributed by atoms with E-state index in [9.17, 15) is 0 Å². The van der Waals surface area contributed by atoms with Crippen molar-refractivity contribution in [2.75, 3.05) is 12.9 Å². The Morgan fingerprint density at radius 2 is 1.75 bits per heavy atom. The molecule has 0 saturated carbocycles. The van der Waals surface area contributed by atoms with Crippen LogP contribution in [0, 0.1) is 0 Å². The quantitative estimate of drug-likeness (QED) is 0.699. The molecule has 0 bridgehead atoms. The van der Waals surface area contributed by atoms with Crippen molar-refractivity contribution >= 4 is 11.6 Å². The van der Waals surface area contributed by atoms with Crippen LogP contribution in [0.25, 0.3) is 0 Å². The average Bonchev–Trinajstić information content (AvgIpc) is 2.08. The highest BCUT2D eigenvalue weighted by atomic mass is 35.5. The van der Waals surface area contributed by atoms with Crippen molar-refractivity contribution < 1.29 is 0 Å². The minimum atomic E-state index is 0.722. The fourth-order valence-corrected chi connectivity index (χ4v) is 0.800. The molecule has 2 heteroatoms. The average molecular weight is 186 g/mol. The lowest BCUT2D eigenvalue weighted by molar-refractivity contribution is 0.818. The van der Waals surface area contributed by atoms with E-state index in [4.69, 9.17) is 11.6 Å². The first-order valence-electron chi connectivity index (χ1n) is 4.09. The number of nitrogens with one attached hydrogen (secondary N) is 1. The van der Waals surface area contributed by atoms with Crippen LogP contribution in [0.4, 0.5) is 0 Å². The van der Waals surface area contributed by atoms with E-state index >= 15 is 0 Å². The summed E-state index contributed by atoms with van der Waals surface area (Å²) in [6.07, 6.45) is 0. The molecule has 1 aromatic rings. The highest BCUT2D eigenvalue weighted by molar-refractivity contribution is 6.17. The summed E-state index contributed by atoms with van der Waals surface area (Å²) in [5.74, 6) is 0.722. The van der Waals surface area contributed by atoms with Gasteiger partial charge in [0.05, 0.1) is 0 Å². The zero-order valence-corrected chi connectivity index (χ0v) is 8.43. The van der Waals surface area contributed by atoms with Crippen LogP contribution >= 0.6 is 11.6 Å². The number of hydrogen-bond acceptors (Lipinski definition) is 1. The van der Waals surface area contributed by atoms with Crippen molar-refractivity contribution in [3.63, 3.8) is 0 Å². The third-order valence-electron chi connectivity index (χ3n) is 1.22. The van der Waals surface area contributed by atoms with Gasteiger partial charge in [0.1, 0.15) is 0 Å². The Bertz CT molecular complexity index is 174. The maximum atomic E-state index is 5.00. The van der Waals surface area contributed by atoms with Crippen LogP contribution in [-0.4, -0.2) is 12.9 Å². The standard InChI is InChI=1S/C8H11N.C2H5Cl/c1-9-7-8-5-3-2-4-6-8;1-2-3/h2-6,9H,7H2,1H3;2H2,1H3. The van der Waals surface area contributed by atoms with Crippen molar-refractivity contribution in [2.24, 2.45) is 0 Å². The zero-order valence-electron chi connectivity index (χ0n) is 7.68. The molecule has 0 aliphatic rings. The Morgan fingerprint density at radius 3 is 2.17 bits per heavy atom. The molecule has 0 aromatic heterocycles. The number of hydrogen-bond donors (Lipinski definition) is 1. The van der Waals surface area contributed by atoms with Crippen LogP contribution in [0.3, 0.4) is 0 Å². The molecule has 12 heavy (non-hydrogen) atoms. The summed E-state index contributed by atoms with van der Waals surface area (Å²) >= 11 is 5.00.